The molecule has 24 heavy (non-hydrogen) atoms. The third-order valence-corrected chi connectivity index (χ3v) is 3.52. The number of hydrogen-bond donors (Lipinski definition) is 2. The van der Waals surface area contributed by atoms with Gasteiger partial charge in [0.1, 0.15) is 5.75 Å². The van der Waals surface area contributed by atoms with Gasteiger partial charge in [-0.05, 0) is 35.5 Å². The average Bonchev–Trinajstić information content (AvgIpc) is 2.59. The Bertz CT molecular complexity index is 662. The van der Waals surface area contributed by atoms with Gasteiger partial charge in [-0.3, -0.25) is 0 Å². The maximum Gasteiger partial charge on any atom is 0.387 e. The van der Waals surface area contributed by atoms with Crippen molar-refractivity contribution in [1.82, 2.24) is 10.6 Å². The fraction of sp³-hybridized carbons (Fsp3) is 0.167. The van der Waals surface area contributed by atoms with E-state index in [9.17, 15) is 8.78 Å². The maximum atomic E-state index is 12.3. The summed E-state index contributed by atoms with van der Waals surface area (Å²) in [4.78, 5) is 0. The van der Waals surface area contributed by atoms with Gasteiger partial charge < -0.3 is 15.4 Å². The van der Waals surface area contributed by atoms with Crippen LogP contribution in [0.25, 0.3) is 0 Å². The molecule has 0 radical (unpaired) electrons. The quantitative estimate of drug-likeness (QED) is 0.585. The molecule has 0 fully saturated rings. The second-order valence-electron chi connectivity index (χ2n) is 4.93. The zero-order valence-electron chi connectivity index (χ0n) is 12.9. The predicted octanol–water partition coefficient (Wildman–Crippen LogP) is 4.03. The first-order valence-electron chi connectivity index (χ1n) is 7.35. The number of alkyl halides is 2. The van der Waals surface area contributed by atoms with Crippen LogP contribution in [0.15, 0.2) is 67.3 Å². The van der Waals surface area contributed by atoms with Crippen LogP contribution in [0.2, 0.25) is 0 Å². The summed E-state index contributed by atoms with van der Waals surface area (Å²) >= 11 is 5.28. The number of thiocarbonyl (C=S) groups is 1. The molecule has 6 heteroatoms. The lowest BCUT2D eigenvalue weighted by Crippen LogP contribution is -2.38. The van der Waals surface area contributed by atoms with Crippen molar-refractivity contribution in [2.75, 3.05) is 6.54 Å². The molecule has 2 aromatic rings. The molecule has 1 atom stereocenters. The summed E-state index contributed by atoms with van der Waals surface area (Å²) in [5, 5.41) is 6.73. The van der Waals surface area contributed by atoms with Crippen molar-refractivity contribution in [3.63, 3.8) is 0 Å². The molecule has 3 nitrogen and oxygen atoms in total. The molecule has 0 saturated carbocycles. The zero-order chi connectivity index (χ0) is 17.4. The Morgan fingerprint density at radius 2 is 1.71 bits per heavy atom. The van der Waals surface area contributed by atoms with Crippen molar-refractivity contribution in [3.8, 4) is 5.75 Å². The summed E-state index contributed by atoms with van der Waals surface area (Å²) in [5.41, 5.74) is 1.88. The van der Waals surface area contributed by atoms with Crippen molar-refractivity contribution >= 4 is 17.3 Å². The minimum Gasteiger partial charge on any atom is -0.435 e. The molecule has 2 aromatic carbocycles. The highest BCUT2D eigenvalue weighted by Crippen LogP contribution is 2.24. The van der Waals surface area contributed by atoms with Crippen LogP contribution in [-0.2, 0) is 0 Å². The molecule has 0 saturated heterocycles. The molecule has 126 valence electrons. The zero-order valence-corrected chi connectivity index (χ0v) is 13.7. The molecule has 0 unspecified atom stereocenters. The van der Waals surface area contributed by atoms with E-state index in [1.165, 1.54) is 12.1 Å². The van der Waals surface area contributed by atoms with Crippen LogP contribution in [0.1, 0.15) is 17.2 Å². The summed E-state index contributed by atoms with van der Waals surface area (Å²) in [5.74, 6) is 0.118. The van der Waals surface area contributed by atoms with E-state index in [4.69, 9.17) is 12.2 Å². The lowest BCUT2D eigenvalue weighted by atomic mass is 9.99. The van der Waals surface area contributed by atoms with Crippen LogP contribution in [0.5, 0.6) is 5.75 Å². The summed E-state index contributed by atoms with van der Waals surface area (Å²) in [6.07, 6.45) is 1.71. The Morgan fingerprint density at radius 3 is 2.29 bits per heavy atom. The van der Waals surface area contributed by atoms with E-state index in [1.807, 2.05) is 30.3 Å². The second-order valence-corrected chi connectivity index (χ2v) is 5.34. The van der Waals surface area contributed by atoms with Gasteiger partial charge in [0.05, 0.1) is 6.04 Å². The van der Waals surface area contributed by atoms with Crippen molar-refractivity contribution in [2.45, 2.75) is 12.7 Å². The predicted molar refractivity (Wildman–Crippen MR) is 95.3 cm³/mol. The Morgan fingerprint density at radius 1 is 1.08 bits per heavy atom. The van der Waals surface area contributed by atoms with E-state index in [0.717, 1.165) is 11.1 Å². The smallest absolute Gasteiger partial charge is 0.387 e. The standard InChI is InChI=1S/C18H18F2N2OS/c1-2-12-21-18(24)22-16(13-6-4-3-5-7-13)14-8-10-15(11-9-14)23-17(19)20/h2-11,16-17H,1,12H2,(H2,21,22,24)/t16-/m1/s1. The van der Waals surface area contributed by atoms with E-state index < -0.39 is 6.61 Å². The van der Waals surface area contributed by atoms with E-state index in [2.05, 4.69) is 21.9 Å². The van der Waals surface area contributed by atoms with Gasteiger partial charge in [-0.25, -0.2) is 0 Å². The molecular formula is C18H18F2N2OS. The fourth-order valence-electron chi connectivity index (χ4n) is 2.19. The molecule has 0 heterocycles. The van der Waals surface area contributed by atoms with Gasteiger partial charge in [0.2, 0.25) is 0 Å². The van der Waals surface area contributed by atoms with Gasteiger partial charge in [-0.15, -0.1) is 6.58 Å². The Balaban J connectivity index is 2.22. The van der Waals surface area contributed by atoms with Gasteiger partial charge in [0, 0.05) is 6.54 Å². The molecule has 0 amide bonds. The highest BCUT2D eigenvalue weighted by molar-refractivity contribution is 7.80. The normalized spacial score (nSPS) is 11.6. The molecule has 0 aliphatic rings. The summed E-state index contributed by atoms with van der Waals surface area (Å²) in [6.45, 7) is 1.35. The van der Waals surface area contributed by atoms with Crippen molar-refractivity contribution < 1.29 is 13.5 Å². The van der Waals surface area contributed by atoms with Crippen LogP contribution in [-0.4, -0.2) is 18.3 Å². The van der Waals surface area contributed by atoms with E-state index in [-0.39, 0.29) is 11.8 Å². The monoisotopic (exact) mass is 348 g/mol. The number of rotatable bonds is 7. The molecular weight excluding hydrogens is 330 g/mol. The molecule has 0 spiro atoms. The van der Waals surface area contributed by atoms with Crippen molar-refractivity contribution in [2.24, 2.45) is 0 Å². The minimum absolute atomic E-state index is 0.118. The number of hydrogen-bond acceptors (Lipinski definition) is 2. The fourth-order valence-corrected chi connectivity index (χ4v) is 2.39. The number of halogens is 2. The van der Waals surface area contributed by atoms with Crippen LogP contribution in [0.4, 0.5) is 8.78 Å². The molecule has 2 rings (SSSR count). The summed E-state index contributed by atoms with van der Waals surface area (Å²) < 4.78 is 28.9. The summed E-state index contributed by atoms with van der Waals surface area (Å²) in [7, 11) is 0. The first-order valence-corrected chi connectivity index (χ1v) is 7.76. The third kappa shape index (κ3) is 5.31. The number of nitrogens with one attached hydrogen (secondary N) is 2. The molecule has 0 aliphatic heterocycles. The first-order chi connectivity index (χ1) is 11.6. The van der Waals surface area contributed by atoms with Crippen LogP contribution >= 0.6 is 12.2 Å². The van der Waals surface area contributed by atoms with Crippen LogP contribution < -0.4 is 15.4 Å². The SMILES string of the molecule is C=CCNC(=S)N[C@H](c1ccccc1)c1ccc(OC(F)F)cc1. The minimum atomic E-state index is -2.84. The van der Waals surface area contributed by atoms with Gasteiger partial charge in [0.25, 0.3) is 0 Å². The molecule has 0 aliphatic carbocycles. The Hall–Kier alpha value is -2.47. The van der Waals surface area contributed by atoms with Crippen molar-refractivity contribution in [3.05, 3.63) is 78.4 Å². The second kappa shape index (κ2) is 8.98. The summed E-state index contributed by atoms with van der Waals surface area (Å²) in [6, 6.07) is 16.0. The van der Waals surface area contributed by atoms with Crippen LogP contribution in [0.3, 0.4) is 0 Å². The number of benzene rings is 2. The lowest BCUT2D eigenvalue weighted by molar-refractivity contribution is -0.0498. The maximum absolute atomic E-state index is 12.3. The van der Waals surface area contributed by atoms with Gasteiger partial charge in [-0.2, -0.15) is 8.78 Å². The topological polar surface area (TPSA) is 33.3 Å². The van der Waals surface area contributed by atoms with Crippen molar-refractivity contribution in [1.29, 1.82) is 0 Å². The molecule has 0 aromatic heterocycles. The van der Waals surface area contributed by atoms with Gasteiger partial charge in [0.15, 0.2) is 5.11 Å². The highest BCUT2D eigenvalue weighted by atomic mass is 32.1. The third-order valence-electron chi connectivity index (χ3n) is 3.25. The molecule has 0 bridgehead atoms. The molecule has 2 N–H and O–H groups in total. The van der Waals surface area contributed by atoms with Crippen LogP contribution in [0, 0.1) is 0 Å². The average molecular weight is 348 g/mol. The van der Waals surface area contributed by atoms with E-state index >= 15 is 0 Å². The van der Waals surface area contributed by atoms with Gasteiger partial charge in [-0.1, -0.05) is 48.5 Å². The van der Waals surface area contributed by atoms with E-state index in [1.54, 1.807) is 18.2 Å². The number of ether oxygens (including phenoxy) is 1. The highest BCUT2D eigenvalue weighted by Gasteiger charge is 2.15. The Kier molecular flexibility index (Phi) is 6.69. The van der Waals surface area contributed by atoms with E-state index in [0.29, 0.717) is 11.7 Å². The Labute approximate surface area is 145 Å². The first kappa shape index (κ1) is 17.9. The van der Waals surface area contributed by atoms with Gasteiger partial charge >= 0.3 is 6.61 Å². The lowest BCUT2D eigenvalue weighted by Gasteiger charge is -2.22. The largest absolute Gasteiger partial charge is 0.435 e.